The van der Waals surface area contributed by atoms with Crippen molar-refractivity contribution < 1.29 is 44.8 Å². The monoisotopic (exact) mass is 463 g/mol. The van der Waals surface area contributed by atoms with Gasteiger partial charge in [0.15, 0.2) is 0 Å². The molecule has 1 heterocycles. The third-order valence-electron chi connectivity index (χ3n) is 3.78. The number of alkyl halides is 4. The van der Waals surface area contributed by atoms with Crippen molar-refractivity contribution >= 4 is 16.2 Å². The topological polar surface area (TPSA) is 127 Å². The van der Waals surface area contributed by atoms with Crippen LogP contribution in [0.2, 0.25) is 0 Å². The number of nitrogens with one attached hydrogen (secondary N) is 1. The number of carbonyl (C=O) groups is 1. The molecule has 2 aromatic rings. The molecule has 1 aliphatic rings. The highest BCUT2D eigenvalue weighted by molar-refractivity contribution is 7.87. The van der Waals surface area contributed by atoms with Gasteiger partial charge in [0.25, 0.3) is 0 Å². The van der Waals surface area contributed by atoms with Gasteiger partial charge in [-0.05, 0) is 24.3 Å². The second kappa shape index (κ2) is 7.68. The molecule has 31 heavy (non-hydrogen) atoms. The summed E-state index contributed by atoms with van der Waals surface area (Å²) < 4.78 is 84.4. The van der Waals surface area contributed by atoms with E-state index in [1.165, 1.54) is 25.1 Å². The van der Waals surface area contributed by atoms with Gasteiger partial charge in [0.1, 0.15) is 16.4 Å². The highest BCUT2D eigenvalue weighted by atomic mass is 32.2. The molecule has 0 fully saturated rings. The van der Waals surface area contributed by atoms with Crippen LogP contribution in [0, 0.1) is 0 Å². The molecule has 0 bridgehead atoms. The SMILES string of the molecule is CC1(NC(=O)O)N=c2ccc(OS(=O)(=O)c3cccc(OC(F)(F)C(F)F)c3)cc2=N1. The summed E-state index contributed by atoms with van der Waals surface area (Å²) in [6.45, 7) is 1.37. The molecule has 14 heteroatoms. The molecule has 0 aliphatic carbocycles. The Bertz CT molecular complexity index is 1250. The van der Waals surface area contributed by atoms with Gasteiger partial charge in [-0.15, -0.1) is 0 Å². The fourth-order valence-electron chi connectivity index (χ4n) is 2.56. The Kier molecular flexibility index (Phi) is 5.52. The standard InChI is InChI=1S/C17H13F4N3O6S/c1-16(24-15(25)26)22-12-6-5-10(8-13(12)23-16)30-31(27,28)11-4-2-3-9(7-11)29-17(20,21)14(18)19/h2-8,14,24H,1H3,(H,25,26). The number of ether oxygens (including phenoxy) is 1. The largest absolute Gasteiger partial charge is 0.465 e. The fraction of sp³-hybridized carbons (Fsp3) is 0.235. The molecular weight excluding hydrogens is 450 g/mol. The van der Waals surface area contributed by atoms with E-state index in [1.54, 1.807) is 0 Å². The number of amides is 1. The molecular formula is C17H13F4N3O6S. The minimum atomic E-state index is -4.81. The second-order valence-corrected chi connectivity index (χ2v) is 7.85. The maximum absolute atomic E-state index is 13.1. The Morgan fingerprint density at radius 2 is 1.81 bits per heavy atom. The summed E-state index contributed by atoms with van der Waals surface area (Å²) >= 11 is 0. The lowest BCUT2D eigenvalue weighted by atomic mass is 10.3. The Morgan fingerprint density at radius 3 is 2.45 bits per heavy atom. The maximum Gasteiger partial charge on any atom is 0.461 e. The molecule has 0 aromatic heterocycles. The fourth-order valence-corrected chi connectivity index (χ4v) is 3.52. The Balaban J connectivity index is 1.86. The zero-order valence-electron chi connectivity index (χ0n) is 15.4. The Hall–Kier alpha value is -3.42. The molecule has 2 N–H and O–H groups in total. The van der Waals surface area contributed by atoms with Crippen molar-refractivity contribution in [3.8, 4) is 11.5 Å². The first kappa shape index (κ1) is 22.3. The third-order valence-corrected chi connectivity index (χ3v) is 5.02. The van der Waals surface area contributed by atoms with Gasteiger partial charge in [-0.3, -0.25) is 5.32 Å². The zero-order chi connectivity index (χ0) is 23.0. The van der Waals surface area contributed by atoms with Crippen LogP contribution >= 0.6 is 0 Å². The minimum Gasteiger partial charge on any atom is -0.465 e. The van der Waals surface area contributed by atoms with Crippen LogP contribution in [-0.2, 0) is 10.1 Å². The van der Waals surface area contributed by atoms with E-state index in [2.05, 4.69) is 20.0 Å². The van der Waals surface area contributed by atoms with Gasteiger partial charge in [-0.25, -0.2) is 14.8 Å². The van der Waals surface area contributed by atoms with Crippen molar-refractivity contribution in [3.63, 3.8) is 0 Å². The van der Waals surface area contributed by atoms with Gasteiger partial charge in [0, 0.05) is 19.1 Å². The van der Waals surface area contributed by atoms with Crippen LogP contribution in [0.3, 0.4) is 0 Å². The van der Waals surface area contributed by atoms with Gasteiger partial charge >= 0.3 is 28.7 Å². The van der Waals surface area contributed by atoms with Crippen molar-refractivity contribution in [2.75, 3.05) is 0 Å². The molecule has 1 atom stereocenters. The number of benzene rings is 2. The lowest BCUT2D eigenvalue weighted by molar-refractivity contribution is -0.253. The van der Waals surface area contributed by atoms with E-state index in [4.69, 9.17) is 9.29 Å². The van der Waals surface area contributed by atoms with Crippen LogP contribution in [0.15, 0.2) is 57.3 Å². The van der Waals surface area contributed by atoms with Crippen molar-refractivity contribution in [3.05, 3.63) is 53.2 Å². The summed E-state index contributed by atoms with van der Waals surface area (Å²) in [5.41, 5.74) is 0. The molecule has 166 valence electrons. The van der Waals surface area contributed by atoms with Crippen LogP contribution < -0.4 is 25.0 Å². The summed E-state index contributed by atoms with van der Waals surface area (Å²) in [4.78, 5) is 18.3. The number of hydrogen-bond acceptors (Lipinski definition) is 7. The number of rotatable bonds is 7. The summed E-state index contributed by atoms with van der Waals surface area (Å²) in [7, 11) is -4.57. The molecule has 1 aliphatic heterocycles. The number of carboxylic acid groups (broad SMARTS) is 1. The molecule has 2 aromatic carbocycles. The van der Waals surface area contributed by atoms with Crippen LogP contribution in [-0.4, -0.2) is 37.9 Å². The quantitative estimate of drug-likeness (QED) is 0.477. The first-order chi connectivity index (χ1) is 14.3. The lowest BCUT2D eigenvalue weighted by Gasteiger charge is -2.17. The highest BCUT2D eigenvalue weighted by Crippen LogP contribution is 2.29. The molecule has 0 spiro atoms. The second-order valence-electron chi connectivity index (χ2n) is 6.30. The molecule has 1 amide bonds. The van der Waals surface area contributed by atoms with Crippen molar-refractivity contribution in [2.24, 2.45) is 9.98 Å². The summed E-state index contributed by atoms with van der Waals surface area (Å²) in [6.07, 6.45) is -10.3. The predicted molar refractivity (Wildman–Crippen MR) is 94.2 cm³/mol. The van der Waals surface area contributed by atoms with Gasteiger partial charge < -0.3 is 14.0 Å². The highest BCUT2D eigenvalue weighted by Gasteiger charge is 2.44. The van der Waals surface area contributed by atoms with Crippen LogP contribution in [0.4, 0.5) is 22.4 Å². The van der Waals surface area contributed by atoms with Crippen LogP contribution in [0.1, 0.15) is 6.92 Å². The molecule has 1 unspecified atom stereocenters. The molecule has 0 saturated carbocycles. The normalized spacial score (nSPS) is 18.0. The average Bonchev–Trinajstić information content (AvgIpc) is 2.95. The van der Waals surface area contributed by atoms with Gasteiger partial charge in [-0.1, -0.05) is 6.07 Å². The van der Waals surface area contributed by atoms with Crippen molar-refractivity contribution in [2.45, 2.75) is 30.1 Å². The van der Waals surface area contributed by atoms with E-state index in [1.807, 2.05) is 0 Å². The van der Waals surface area contributed by atoms with Gasteiger partial charge in [0.05, 0.1) is 10.7 Å². The summed E-state index contributed by atoms with van der Waals surface area (Å²) in [5, 5.41) is 11.3. The van der Waals surface area contributed by atoms with Crippen LogP contribution in [0.25, 0.3) is 0 Å². The average molecular weight is 463 g/mol. The third kappa shape index (κ3) is 5.02. The molecule has 0 saturated heterocycles. The van der Waals surface area contributed by atoms with E-state index in [9.17, 15) is 30.8 Å². The van der Waals surface area contributed by atoms with E-state index in [0.29, 0.717) is 6.07 Å². The Morgan fingerprint density at radius 1 is 1.13 bits per heavy atom. The van der Waals surface area contributed by atoms with E-state index < -0.39 is 45.2 Å². The van der Waals surface area contributed by atoms with Gasteiger partial charge in [0.2, 0.25) is 5.79 Å². The van der Waals surface area contributed by atoms with E-state index in [-0.39, 0.29) is 16.5 Å². The minimum absolute atomic E-state index is 0.137. The summed E-state index contributed by atoms with van der Waals surface area (Å²) in [6, 6.07) is 7.20. The van der Waals surface area contributed by atoms with Crippen molar-refractivity contribution in [1.29, 1.82) is 0 Å². The number of nitrogens with zero attached hydrogens (tertiary/aromatic N) is 2. The summed E-state index contributed by atoms with van der Waals surface area (Å²) in [5.74, 6) is -2.55. The predicted octanol–water partition coefficient (Wildman–Crippen LogP) is 1.89. The van der Waals surface area contributed by atoms with E-state index in [0.717, 1.165) is 18.2 Å². The maximum atomic E-state index is 13.1. The lowest BCUT2D eigenvalue weighted by Crippen LogP contribution is -2.41. The number of halogens is 4. The van der Waals surface area contributed by atoms with Crippen LogP contribution in [0.5, 0.6) is 11.5 Å². The number of fused-ring (bicyclic) bond motifs is 1. The van der Waals surface area contributed by atoms with E-state index >= 15 is 0 Å². The van der Waals surface area contributed by atoms with Crippen molar-refractivity contribution in [1.82, 2.24) is 5.32 Å². The first-order valence-electron chi connectivity index (χ1n) is 8.30. The number of hydrogen-bond donors (Lipinski definition) is 2. The molecule has 0 radical (unpaired) electrons. The Labute approximate surface area is 171 Å². The first-order valence-corrected chi connectivity index (χ1v) is 9.71. The molecule has 9 nitrogen and oxygen atoms in total. The smallest absolute Gasteiger partial charge is 0.461 e. The van der Waals surface area contributed by atoms with Gasteiger partial charge in [-0.2, -0.15) is 26.0 Å². The molecule has 3 rings (SSSR count). The zero-order valence-corrected chi connectivity index (χ0v) is 16.2.